The maximum Gasteiger partial charge on any atom is 0.242 e. The number of fused-ring (bicyclic) bond motifs is 1. The highest BCUT2D eigenvalue weighted by Gasteiger charge is 2.24. The molecule has 2 aromatic heterocycles. The summed E-state index contributed by atoms with van der Waals surface area (Å²) < 4.78 is 1.83. The highest BCUT2D eigenvalue weighted by atomic mass is 32.1. The third kappa shape index (κ3) is 3.86. The first kappa shape index (κ1) is 20.0. The lowest BCUT2D eigenvalue weighted by Gasteiger charge is -2.05. The molecule has 0 aliphatic heterocycles. The number of carbonyl (C=O) groups excluding carboxylic acids is 1. The molecule has 6 nitrogen and oxygen atoms in total. The molecule has 0 bridgehead atoms. The molecule has 7 heteroatoms. The molecule has 32 heavy (non-hydrogen) atoms. The van der Waals surface area contributed by atoms with Gasteiger partial charge in [-0.15, -0.1) is 0 Å². The fourth-order valence-corrected chi connectivity index (χ4v) is 4.36. The normalized spacial score (nSPS) is 10.9. The van der Waals surface area contributed by atoms with Gasteiger partial charge in [0.05, 0.1) is 11.0 Å². The number of thiazole rings is 1. The van der Waals surface area contributed by atoms with Crippen LogP contribution in [-0.2, 0) is 7.05 Å². The van der Waals surface area contributed by atoms with Crippen LogP contribution >= 0.6 is 11.3 Å². The minimum absolute atomic E-state index is 0.170. The van der Waals surface area contributed by atoms with Gasteiger partial charge >= 0.3 is 0 Å². The number of anilines is 4. The van der Waals surface area contributed by atoms with E-state index in [0.29, 0.717) is 21.7 Å². The molecular weight excluding hydrogens is 418 g/mol. The molecule has 0 amide bonds. The summed E-state index contributed by atoms with van der Waals surface area (Å²) in [6.45, 7) is 2.04. The standard InChI is InChI=1S/C25H21N5OS/c1-16-12-14-18(15-13-16)27-25-29-23(26-17-8-4-3-5-9-17)22(32-25)21(31)24-28-19-10-6-7-11-20(19)30(24)2/h3-15,26H,1-2H3,(H,27,29). The van der Waals surface area contributed by atoms with E-state index >= 15 is 0 Å². The van der Waals surface area contributed by atoms with E-state index in [1.54, 1.807) is 0 Å². The molecule has 0 saturated carbocycles. The molecule has 2 heterocycles. The molecule has 5 aromatic rings. The monoisotopic (exact) mass is 439 g/mol. The van der Waals surface area contributed by atoms with Crippen LogP contribution in [0.4, 0.5) is 22.3 Å². The van der Waals surface area contributed by atoms with Crippen LogP contribution in [0.5, 0.6) is 0 Å². The molecule has 0 saturated heterocycles. The number of aryl methyl sites for hydroxylation is 2. The SMILES string of the molecule is Cc1ccc(Nc2nc(Nc3ccccc3)c(C(=O)c3nc4ccccc4n3C)s2)cc1. The first-order valence-corrected chi connectivity index (χ1v) is 11.0. The second kappa shape index (κ2) is 8.28. The summed E-state index contributed by atoms with van der Waals surface area (Å²) in [5.74, 6) is 0.720. The lowest BCUT2D eigenvalue weighted by molar-refractivity contribution is 0.103. The molecular formula is C25H21N5OS. The third-order valence-electron chi connectivity index (χ3n) is 5.16. The van der Waals surface area contributed by atoms with Gasteiger partial charge in [-0.05, 0) is 43.3 Å². The molecule has 0 fully saturated rings. The zero-order chi connectivity index (χ0) is 22.1. The minimum Gasteiger partial charge on any atom is -0.339 e. The first-order valence-electron chi connectivity index (χ1n) is 10.2. The number of aromatic nitrogens is 3. The molecule has 2 N–H and O–H groups in total. The van der Waals surface area contributed by atoms with Gasteiger partial charge in [-0.2, -0.15) is 0 Å². The van der Waals surface area contributed by atoms with E-state index in [2.05, 4.69) is 15.6 Å². The van der Waals surface area contributed by atoms with E-state index in [-0.39, 0.29) is 5.78 Å². The van der Waals surface area contributed by atoms with E-state index < -0.39 is 0 Å². The summed E-state index contributed by atoms with van der Waals surface area (Å²) in [5.41, 5.74) is 4.66. The second-order valence-corrected chi connectivity index (χ2v) is 8.49. The van der Waals surface area contributed by atoms with Crippen molar-refractivity contribution in [3.05, 3.63) is 95.1 Å². The first-order chi connectivity index (χ1) is 15.6. The third-order valence-corrected chi connectivity index (χ3v) is 6.13. The highest BCUT2D eigenvalue weighted by molar-refractivity contribution is 7.18. The number of rotatable bonds is 6. The second-order valence-electron chi connectivity index (χ2n) is 7.49. The van der Waals surface area contributed by atoms with Crippen LogP contribution in [0.25, 0.3) is 11.0 Å². The van der Waals surface area contributed by atoms with E-state index in [1.165, 1.54) is 16.9 Å². The molecule has 158 valence electrons. The maximum atomic E-state index is 13.6. The fraction of sp³-hybridized carbons (Fsp3) is 0.0800. The summed E-state index contributed by atoms with van der Waals surface area (Å²) in [4.78, 5) is 23.4. The van der Waals surface area contributed by atoms with Gasteiger partial charge in [0, 0.05) is 18.4 Å². The summed E-state index contributed by atoms with van der Waals surface area (Å²) >= 11 is 1.31. The Bertz CT molecular complexity index is 1400. The average molecular weight is 440 g/mol. The van der Waals surface area contributed by atoms with Crippen molar-refractivity contribution < 1.29 is 4.79 Å². The van der Waals surface area contributed by atoms with E-state index in [4.69, 9.17) is 4.98 Å². The van der Waals surface area contributed by atoms with Crippen LogP contribution in [0.3, 0.4) is 0 Å². The van der Waals surface area contributed by atoms with Crippen molar-refractivity contribution in [3.63, 3.8) is 0 Å². The number of benzene rings is 3. The van der Waals surface area contributed by atoms with Crippen LogP contribution in [0.15, 0.2) is 78.9 Å². The zero-order valence-electron chi connectivity index (χ0n) is 17.7. The van der Waals surface area contributed by atoms with Crippen molar-refractivity contribution in [1.82, 2.24) is 14.5 Å². The lowest BCUT2D eigenvalue weighted by Crippen LogP contribution is -2.09. The lowest BCUT2D eigenvalue weighted by atomic mass is 10.2. The van der Waals surface area contributed by atoms with E-state index in [0.717, 1.165) is 22.4 Å². The highest BCUT2D eigenvalue weighted by Crippen LogP contribution is 2.33. The summed E-state index contributed by atoms with van der Waals surface area (Å²) in [5, 5.41) is 7.24. The summed E-state index contributed by atoms with van der Waals surface area (Å²) in [7, 11) is 1.86. The Kier molecular flexibility index (Phi) is 5.17. The molecule has 0 aliphatic carbocycles. The summed E-state index contributed by atoms with van der Waals surface area (Å²) in [6, 6.07) is 25.5. The molecule has 3 aromatic carbocycles. The van der Waals surface area contributed by atoms with Gasteiger partial charge in [0.25, 0.3) is 0 Å². The van der Waals surface area contributed by atoms with Gasteiger partial charge in [-0.25, -0.2) is 9.97 Å². The van der Waals surface area contributed by atoms with E-state index in [1.807, 2.05) is 97.4 Å². The molecule has 0 unspecified atom stereocenters. The van der Waals surface area contributed by atoms with Gasteiger partial charge < -0.3 is 15.2 Å². The predicted molar refractivity (Wildman–Crippen MR) is 130 cm³/mol. The van der Waals surface area contributed by atoms with Crippen molar-refractivity contribution in [2.45, 2.75) is 6.92 Å². The Morgan fingerprint density at radius 3 is 2.28 bits per heavy atom. The number of nitrogens with zero attached hydrogens (tertiary/aromatic N) is 3. The Balaban J connectivity index is 1.55. The smallest absolute Gasteiger partial charge is 0.242 e. The molecule has 0 aliphatic rings. The average Bonchev–Trinajstić information content (AvgIpc) is 3.36. The van der Waals surface area contributed by atoms with Crippen LogP contribution < -0.4 is 10.6 Å². The van der Waals surface area contributed by atoms with Crippen molar-refractivity contribution in [2.24, 2.45) is 7.05 Å². The molecule has 0 atom stereocenters. The van der Waals surface area contributed by atoms with Gasteiger partial charge in [0.15, 0.2) is 16.8 Å². The van der Waals surface area contributed by atoms with Gasteiger partial charge in [-0.3, -0.25) is 4.79 Å². The van der Waals surface area contributed by atoms with Crippen LogP contribution in [0.1, 0.15) is 21.1 Å². The Labute approximate surface area is 189 Å². The number of para-hydroxylation sites is 3. The fourth-order valence-electron chi connectivity index (χ4n) is 3.48. The van der Waals surface area contributed by atoms with Crippen molar-refractivity contribution in [2.75, 3.05) is 10.6 Å². The predicted octanol–water partition coefficient (Wildman–Crippen LogP) is 6.06. The number of nitrogens with one attached hydrogen (secondary N) is 2. The topological polar surface area (TPSA) is 71.8 Å². The quantitative estimate of drug-likeness (QED) is 0.315. The van der Waals surface area contributed by atoms with E-state index in [9.17, 15) is 4.79 Å². The maximum absolute atomic E-state index is 13.6. The Morgan fingerprint density at radius 2 is 1.53 bits per heavy atom. The molecule has 0 radical (unpaired) electrons. The van der Waals surface area contributed by atoms with Crippen LogP contribution in [0.2, 0.25) is 0 Å². The van der Waals surface area contributed by atoms with Gasteiger partial charge in [0.2, 0.25) is 5.78 Å². The number of hydrogen-bond acceptors (Lipinski definition) is 6. The molecule has 5 rings (SSSR count). The van der Waals surface area contributed by atoms with Crippen LogP contribution in [0, 0.1) is 6.92 Å². The summed E-state index contributed by atoms with van der Waals surface area (Å²) in [6.07, 6.45) is 0. The van der Waals surface area contributed by atoms with Crippen LogP contribution in [-0.4, -0.2) is 20.3 Å². The minimum atomic E-state index is -0.170. The van der Waals surface area contributed by atoms with Gasteiger partial charge in [-0.1, -0.05) is 59.4 Å². The molecule has 0 spiro atoms. The number of hydrogen-bond donors (Lipinski definition) is 2. The Hall–Kier alpha value is -3.97. The van der Waals surface area contributed by atoms with Crippen molar-refractivity contribution in [1.29, 1.82) is 0 Å². The van der Waals surface area contributed by atoms with Crippen molar-refractivity contribution >= 4 is 50.5 Å². The largest absolute Gasteiger partial charge is 0.339 e. The number of ketones is 1. The van der Waals surface area contributed by atoms with Gasteiger partial charge in [0.1, 0.15) is 4.88 Å². The number of carbonyl (C=O) groups is 1. The Morgan fingerprint density at radius 1 is 0.844 bits per heavy atom. The zero-order valence-corrected chi connectivity index (χ0v) is 18.5. The number of imidazole rings is 1. The van der Waals surface area contributed by atoms with Crippen molar-refractivity contribution in [3.8, 4) is 0 Å².